The van der Waals surface area contributed by atoms with Crippen LogP contribution in [0.25, 0.3) is 0 Å². The molecule has 84 valence electrons. The van der Waals surface area contributed by atoms with E-state index >= 15 is 0 Å². The van der Waals surface area contributed by atoms with Gasteiger partial charge in [0.05, 0.1) is 6.54 Å². The van der Waals surface area contributed by atoms with Gasteiger partial charge in [0, 0.05) is 17.2 Å². The highest BCUT2D eigenvalue weighted by Gasteiger charge is 2.21. The molecule has 0 spiro atoms. The van der Waals surface area contributed by atoms with Crippen molar-refractivity contribution in [2.45, 2.75) is 6.10 Å². The first kappa shape index (κ1) is 12.8. The van der Waals surface area contributed by atoms with Gasteiger partial charge in [-0.3, -0.25) is 5.41 Å². The molecule has 0 amide bonds. The smallest absolute Gasteiger partial charge is 0.156 e. The van der Waals surface area contributed by atoms with Crippen LogP contribution in [-0.2, 0) is 0 Å². The van der Waals surface area contributed by atoms with E-state index in [1.807, 2.05) is 22.4 Å². The van der Waals surface area contributed by atoms with Crippen LogP contribution < -0.4 is 0 Å². The Labute approximate surface area is 103 Å². The number of hydrogen-bond donors (Lipinski definition) is 2. The third kappa shape index (κ3) is 3.11. The van der Waals surface area contributed by atoms with Crippen LogP contribution in [0, 0.1) is 5.41 Å². The quantitative estimate of drug-likeness (QED) is 0.880. The Kier molecular flexibility index (Phi) is 4.92. The van der Waals surface area contributed by atoms with Crippen molar-refractivity contribution in [3.05, 3.63) is 22.4 Å². The van der Waals surface area contributed by atoms with Gasteiger partial charge in [0.1, 0.15) is 6.10 Å². The monoisotopic (exact) mass is 264 g/mol. The van der Waals surface area contributed by atoms with Crippen LogP contribution in [-0.4, -0.2) is 34.0 Å². The van der Waals surface area contributed by atoms with Crippen LogP contribution in [0.3, 0.4) is 0 Å². The van der Waals surface area contributed by atoms with E-state index in [0.717, 1.165) is 17.2 Å². The third-order valence-electron chi connectivity index (χ3n) is 2.15. The fraction of sp³-hybridized carbons (Fsp3) is 0.444. The Hall–Kier alpha value is -0.230. The van der Waals surface area contributed by atoms with Crippen LogP contribution in [0.4, 0.5) is 0 Å². The second kappa shape index (κ2) is 5.75. The molecule has 0 radical (unpaired) electrons. The van der Waals surface area contributed by atoms with Crippen LogP contribution in [0.5, 0.6) is 0 Å². The SMILES string of the molecule is Cl.N=C1SCCN1CC(O)c1cccs1. The van der Waals surface area contributed by atoms with Gasteiger partial charge in [-0.05, 0) is 11.4 Å². The van der Waals surface area contributed by atoms with Gasteiger partial charge in [0.2, 0.25) is 0 Å². The average molecular weight is 265 g/mol. The molecule has 1 aliphatic heterocycles. The van der Waals surface area contributed by atoms with Gasteiger partial charge < -0.3 is 10.0 Å². The van der Waals surface area contributed by atoms with Crippen LogP contribution in [0.1, 0.15) is 11.0 Å². The van der Waals surface area contributed by atoms with Gasteiger partial charge in [-0.1, -0.05) is 17.8 Å². The van der Waals surface area contributed by atoms with E-state index in [1.54, 1.807) is 23.1 Å². The van der Waals surface area contributed by atoms with Gasteiger partial charge in [-0.25, -0.2) is 0 Å². The van der Waals surface area contributed by atoms with Gasteiger partial charge in [-0.15, -0.1) is 23.7 Å². The van der Waals surface area contributed by atoms with Crippen molar-refractivity contribution < 1.29 is 5.11 Å². The van der Waals surface area contributed by atoms with Crippen molar-refractivity contribution in [2.24, 2.45) is 0 Å². The predicted molar refractivity (Wildman–Crippen MR) is 68.3 cm³/mol. The number of nitrogens with one attached hydrogen (secondary N) is 1. The standard InChI is InChI=1S/C9H12N2OS2.ClH/c10-9-11(3-5-14-9)6-7(12)8-2-1-4-13-8;/h1-2,4,7,10,12H,3,5-6H2;1H. The average Bonchev–Trinajstić information content (AvgIpc) is 2.77. The molecule has 1 fully saturated rings. The fourth-order valence-electron chi connectivity index (χ4n) is 1.40. The zero-order valence-electron chi connectivity index (χ0n) is 8.05. The molecule has 0 aliphatic carbocycles. The van der Waals surface area contributed by atoms with E-state index in [2.05, 4.69) is 0 Å². The molecule has 2 N–H and O–H groups in total. The Morgan fingerprint density at radius 2 is 2.40 bits per heavy atom. The first-order valence-corrected chi connectivity index (χ1v) is 6.31. The van der Waals surface area contributed by atoms with E-state index in [1.165, 1.54) is 0 Å². The lowest BCUT2D eigenvalue weighted by molar-refractivity contribution is 0.151. The summed E-state index contributed by atoms with van der Waals surface area (Å²) in [5, 5.41) is 20.0. The largest absolute Gasteiger partial charge is 0.386 e. The minimum Gasteiger partial charge on any atom is -0.386 e. The summed E-state index contributed by atoms with van der Waals surface area (Å²) in [4.78, 5) is 2.91. The minimum atomic E-state index is -0.450. The predicted octanol–water partition coefficient (Wildman–Crippen LogP) is 2.19. The summed E-state index contributed by atoms with van der Waals surface area (Å²) in [7, 11) is 0. The van der Waals surface area contributed by atoms with Crippen molar-refractivity contribution in [2.75, 3.05) is 18.8 Å². The number of rotatable bonds is 3. The second-order valence-corrected chi connectivity index (χ2v) is 5.19. The summed E-state index contributed by atoms with van der Waals surface area (Å²) in [6.07, 6.45) is -0.450. The maximum absolute atomic E-state index is 9.85. The van der Waals surface area contributed by atoms with Crippen molar-refractivity contribution in [1.29, 1.82) is 5.41 Å². The van der Waals surface area contributed by atoms with Crippen LogP contribution in [0.15, 0.2) is 17.5 Å². The van der Waals surface area contributed by atoms with E-state index in [0.29, 0.717) is 11.7 Å². The molecular formula is C9H13ClN2OS2. The topological polar surface area (TPSA) is 47.3 Å². The van der Waals surface area contributed by atoms with Crippen LogP contribution in [0.2, 0.25) is 0 Å². The molecule has 1 aliphatic rings. The molecule has 0 saturated carbocycles. The number of nitrogens with zero attached hydrogens (tertiary/aromatic N) is 1. The number of β-amino-alcohol motifs (C(OH)–C–C–N with tert-alkyl or cyclic N) is 1. The van der Waals surface area contributed by atoms with Crippen molar-refractivity contribution in [3.63, 3.8) is 0 Å². The van der Waals surface area contributed by atoms with Crippen LogP contribution >= 0.6 is 35.5 Å². The molecule has 0 bridgehead atoms. The molecule has 3 nitrogen and oxygen atoms in total. The maximum Gasteiger partial charge on any atom is 0.156 e. The molecule has 1 atom stereocenters. The lowest BCUT2D eigenvalue weighted by Gasteiger charge is -2.19. The molecular weight excluding hydrogens is 252 g/mol. The highest BCUT2D eigenvalue weighted by molar-refractivity contribution is 8.14. The summed E-state index contributed by atoms with van der Waals surface area (Å²) in [6, 6.07) is 3.87. The Balaban J connectivity index is 0.00000112. The van der Waals surface area contributed by atoms with Gasteiger partial charge in [0.25, 0.3) is 0 Å². The Morgan fingerprint density at radius 1 is 1.60 bits per heavy atom. The highest BCUT2D eigenvalue weighted by atomic mass is 35.5. The maximum atomic E-state index is 9.85. The third-order valence-corrected chi connectivity index (χ3v) is 4.04. The minimum absolute atomic E-state index is 0. The lowest BCUT2D eigenvalue weighted by atomic mass is 10.3. The summed E-state index contributed by atoms with van der Waals surface area (Å²) in [5.41, 5.74) is 0. The van der Waals surface area contributed by atoms with Gasteiger partial charge >= 0.3 is 0 Å². The summed E-state index contributed by atoms with van der Waals surface area (Å²) < 4.78 is 0. The highest BCUT2D eigenvalue weighted by Crippen LogP contribution is 2.23. The molecule has 15 heavy (non-hydrogen) atoms. The molecule has 1 aromatic rings. The van der Waals surface area contributed by atoms with E-state index in [-0.39, 0.29) is 12.4 Å². The number of halogens is 1. The molecule has 1 aromatic heterocycles. The fourth-order valence-corrected chi connectivity index (χ4v) is 2.96. The number of hydrogen-bond acceptors (Lipinski definition) is 4. The summed E-state index contributed by atoms with van der Waals surface area (Å²) >= 11 is 3.11. The number of amidine groups is 1. The Morgan fingerprint density at radius 3 is 2.93 bits per heavy atom. The zero-order valence-corrected chi connectivity index (χ0v) is 10.5. The first-order valence-electron chi connectivity index (χ1n) is 4.45. The normalized spacial score (nSPS) is 17.7. The first-order chi connectivity index (χ1) is 6.77. The summed E-state index contributed by atoms with van der Waals surface area (Å²) in [5.74, 6) is 0.968. The molecule has 0 aromatic carbocycles. The number of thioether (sulfide) groups is 1. The number of aliphatic hydroxyl groups excluding tert-OH is 1. The van der Waals surface area contributed by atoms with Gasteiger partial charge in [0.15, 0.2) is 5.17 Å². The molecule has 1 unspecified atom stereocenters. The molecule has 2 rings (SSSR count). The van der Waals surface area contributed by atoms with Crippen molar-refractivity contribution in [3.8, 4) is 0 Å². The Bertz CT molecular complexity index is 318. The second-order valence-electron chi connectivity index (χ2n) is 3.13. The number of aliphatic hydroxyl groups is 1. The van der Waals surface area contributed by atoms with E-state index in [9.17, 15) is 5.11 Å². The van der Waals surface area contributed by atoms with Gasteiger partial charge in [-0.2, -0.15) is 0 Å². The van der Waals surface area contributed by atoms with E-state index in [4.69, 9.17) is 5.41 Å². The lowest BCUT2D eigenvalue weighted by Crippen LogP contribution is -2.28. The molecule has 2 heterocycles. The van der Waals surface area contributed by atoms with E-state index < -0.39 is 6.10 Å². The summed E-state index contributed by atoms with van der Waals surface area (Å²) in [6.45, 7) is 1.43. The zero-order chi connectivity index (χ0) is 9.97. The van der Waals surface area contributed by atoms with Crippen molar-refractivity contribution in [1.82, 2.24) is 4.90 Å². The number of thiophene rings is 1. The molecule has 1 saturated heterocycles. The molecule has 6 heteroatoms. The van der Waals surface area contributed by atoms with Crippen molar-refractivity contribution >= 4 is 40.7 Å².